The van der Waals surface area contributed by atoms with Gasteiger partial charge in [-0.2, -0.15) is 15.8 Å². The van der Waals surface area contributed by atoms with Crippen molar-refractivity contribution < 1.29 is 9.47 Å². The highest BCUT2D eigenvalue weighted by molar-refractivity contribution is 5.89. The van der Waals surface area contributed by atoms with E-state index in [1.807, 2.05) is 0 Å². The Morgan fingerprint density at radius 2 is 1.81 bits per heavy atom. The zero-order valence-electron chi connectivity index (χ0n) is 14.1. The maximum atomic E-state index is 10.2. The number of nitrogens with one attached hydrogen (secondary N) is 1. The summed E-state index contributed by atoms with van der Waals surface area (Å²) >= 11 is 0. The summed E-state index contributed by atoms with van der Waals surface area (Å²) in [4.78, 5) is 3.98. The third-order valence-electron chi connectivity index (χ3n) is 6.08. The van der Waals surface area contributed by atoms with Crippen LogP contribution in [0, 0.1) is 56.2 Å². The van der Waals surface area contributed by atoms with Crippen LogP contribution in [0.5, 0.6) is 0 Å². The molecule has 0 aromatic carbocycles. The van der Waals surface area contributed by atoms with E-state index in [9.17, 15) is 15.8 Å². The molecule has 7 nitrogen and oxygen atoms in total. The second-order valence-electron chi connectivity index (χ2n) is 7.12. The first-order valence-corrected chi connectivity index (χ1v) is 8.70. The Labute approximate surface area is 151 Å². The lowest BCUT2D eigenvalue weighted by Gasteiger charge is -2.49. The maximum Gasteiger partial charge on any atom is 0.217 e. The molecule has 26 heavy (non-hydrogen) atoms. The molecule has 0 amide bonds. The van der Waals surface area contributed by atoms with Crippen LogP contribution in [0.2, 0.25) is 0 Å². The normalized spacial score (nSPS) is 37.2. The number of nitriles is 3. The first-order chi connectivity index (χ1) is 12.6. The molecule has 3 aliphatic rings. The fraction of sp³-hybridized carbons (Fsp3) is 0.526. The van der Waals surface area contributed by atoms with Crippen molar-refractivity contribution in [2.24, 2.45) is 16.7 Å². The zero-order valence-corrected chi connectivity index (χ0v) is 14.1. The van der Waals surface area contributed by atoms with Crippen molar-refractivity contribution in [1.82, 2.24) is 4.98 Å². The predicted octanol–water partition coefficient (Wildman–Crippen LogP) is 2.98. The highest BCUT2D eigenvalue weighted by atomic mass is 16.7. The first-order valence-electron chi connectivity index (χ1n) is 8.70. The van der Waals surface area contributed by atoms with Crippen LogP contribution in [-0.2, 0) is 9.47 Å². The molecular weight excluding hydrogens is 330 g/mol. The summed E-state index contributed by atoms with van der Waals surface area (Å²) in [6.45, 7) is 0. The minimum atomic E-state index is -1.87. The van der Waals surface area contributed by atoms with E-state index in [2.05, 4.69) is 23.2 Å². The summed E-state index contributed by atoms with van der Waals surface area (Å²) in [5, 5.41) is 38.8. The predicted molar refractivity (Wildman–Crippen MR) is 87.9 cm³/mol. The lowest BCUT2D eigenvalue weighted by molar-refractivity contribution is -0.284. The minimum Gasteiger partial charge on any atom is -0.447 e. The van der Waals surface area contributed by atoms with Crippen molar-refractivity contribution in [2.45, 2.75) is 44.0 Å². The van der Waals surface area contributed by atoms with Crippen molar-refractivity contribution in [1.29, 1.82) is 21.2 Å². The van der Waals surface area contributed by atoms with Gasteiger partial charge in [0.1, 0.15) is 6.10 Å². The number of rotatable bonds is 1. The fourth-order valence-corrected chi connectivity index (χ4v) is 4.88. The van der Waals surface area contributed by atoms with Gasteiger partial charge in [-0.1, -0.05) is 12.8 Å². The largest absolute Gasteiger partial charge is 0.447 e. The van der Waals surface area contributed by atoms with Crippen LogP contribution in [0.3, 0.4) is 0 Å². The van der Waals surface area contributed by atoms with E-state index in [1.54, 1.807) is 24.5 Å². The van der Waals surface area contributed by atoms with Crippen molar-refractivity contribution in [3.05, 3.63) is 30.1 Å². The van der Waals surface area contributed by atoms with Crippen molar-refractivity contribution in [3.63, 3.8) is 0 Å². The molecule has 130 valence electrons. The summed E-state index contributed by atoms with van der Waals surface area (Å²) in [5.41, 5.74) is -2.93. The topological polar surface area (TPSA) is 127 Å². The Hall–Kier alpha value is -2.95. The molecule has 0 unspecified atom stereocenters. The summed E-state index contributed by atoms with van der Waals surface area (Å²) < 4.78 is 12.2. The van der Waals surface area contributed by atoms with E-state index in [-0.39, 0.29) is 5.90 Å². The second-order valence-corrected chi connectivity index (χ2v) is 7.12. The molecule has 1 aromatic rings. The Kier molecular flexibility index (Phi) is 3.51. The smallest absolute Gasteiger partial charge is 0.217 e. The average Bonchev–Trinajstić information content (AvgIpc) is 2.81. The molecule has 7 heteroatoms. The molecule has 3 heterocycles. The van der Waals surface area contributed by atoms with E-state index in [0.29, 0.717) is 18.4 Å². The molecule has 1 N–H and O–H groups in total. The SMILES string of the molecule is N#CC1(C#N)[C@H](c2ccncc2)O[C@@]23CCCCC[C@H]2[C@@]1(C#N)C(=N)O3. The number of hydrogen-bond acceptors (Lipinski definition) is 7. The van der Waals surface area contributed by atoms with Crippen molar-refractivity contribution in [3.8, 4) is 18.2 Å². The van der Waals surface area contributed by atoms with Gasteiger partial charge in [0, 0.05) is 18.8 Å². The Morgan fingerprint density at radius 1 is 1.08 bits per heavy atom. The molecule has 2 saturated heterocycles. The summed E-state index contributed by atoms with van der Waals surface area (Å²) in [7, 11) is 0. The molecule has 0 radical (unpaired) electrons. The van der Waals surface area contributed by atoms with Crippen LogP contribution in [0.1, 0.15) is 43.8 Å². The van der Waals surface area contributed by atoms with E-state index in [1.165, 1.54) is 0 Å². The van der Waals surface area contributed by atoms with Crippen molar-refractivity contribution in [2.75, 3.05) is 0 Å². The van der Waals surface area contributed by atoms with Crippen LogP contribution in [0.4, 0.5) is 0 Å². The molecule has 1 aliphatic carbocycles. The van der Waals surface area contributed by atoms with E-state index < -0.39 is 28.6 Å². The highest BCUT2D eigenvalue weighted by Crippen LogP contribution is 2.68. The number of nitrogens with zero attached hydrogens (tertiary/aromatic N) is 4. The number of aromatic nitrogens is 1. The minimum absolute atomic E-state index is 0.313. The van der Waals surface area contributed by atoms with Gasteiger partial charge in [0.05, 0.1) is 24.1 Å². The Bertz CT molecular complexity index is 866. The summed E-state index contributed by atoms with van der Waals surface area (Å²) in [6, 6.07) is 9.67. The number of ether oxygens (including phenoxy) is 2. The van der Waals surface area contributed by atoms with Gasteiger partial charge in [-0.3, -0.25) is 10.4 Å². The first kappa shape index (κ1) is 16.5. The summed E-state index contributed by atoms with van der Waals surface area (Å²) in [6.07, 6.45) is 5.92. The van der Waals surface area contributed by atoms with Gasteiger partial charge in [0.15, 0.2) is 5.41 Å². The van der Waals surface area contributed by atoms with Crippen LogP contribution in [0.25, 0.3) is 0 Å². The van der Waals surface area contributed by atoms with Gasteiger partial charge in [0.25, 0.3) is 0 Å². The van der Waals surface area contributed by atoms with Crippen LogP contribution < -0.4 is 0 Å². The summed E-state index contributed by atoms with van der Waals surface area (Å²) in [5.74, 6) is -1.95. The fourth-order valence-electron chi connectivity index (χ4n) is 4.88. The number of pyridine rings is 1. The number of hydrogen-bond donors (Lipinski definition) is 1. The van der Waals surface area contributed by atoms with Crippen LogP contribution in [0.15, 0.2) is 24.5 Å². The molecule has 1 aromatic heterocycles. The van der Waals surface area contributed by atoms with Gasteiger partial charge in [0.2, 0.25) is 17.1 Å². The molecule has 3 fully saturated rings. The second kappa shape index (κ2) is 5.53. The molecule has 1 saturated carbocycles. The third kappa shape index (κ3) is 1.72. The molecular formula is C19H17N5O2. The molecule has 0 spiro atoms. The van der Waals surface area contributed by atoms with E-state index >= 15 is 0 Å². The Balaban J connectivity index is 2.01. The average molecular weight is 347 g/mol. The maximum absolute atomic E-state index is 10.2. The lowest BCUT2D eigenvalue weighted by atomic mass is 9.52. The molecule has 2 bridgehead atoms. The van der Waals surface area contributed by atoms with Crippen LogP contribution in [-0.4, -0.2) is 16.7 Å². The lowest BCUT2D eigenvalue weighted by Crippen LogP contribution is -2.59. The molecule has 4 rings (SSSR count). The van der Waals surface area contributed by atoms with Gasteiger partial charge in [-0.25, -0.2) is 0 Å². The Morgan fingerprint density at radius 3 is 2.46 bits per heavy atom. The third-order valence-corrected chi connectivity index (χ3v) is 6.08. The highest BCUT2D eigenvalue weighted by Gasteiger charge is 2.80. The van der Waals surface area contributed by atoms with E-state index in [0.717, 1.165) is 19.3 Å². The monoisotopic (exact) mass is 347 g/mol. The van der Waals surface area contributed by atoms with Crippen LogP contribution >= 0.6 is 0 Å². The van der Waals surface area contributed by atoms with Crippen molar-refractivity contribution >= 4 is 5.90 Å². The van der Waals surface area contributed by atoms with Gasteiger partial charge in [-0.15, -0.1) is 0 Å². The van der Waals surface area contributed by atoms with Gasteiger partial charge >= 0.3 is 0 Å². The van der Waals surface area contributed by atoms with Gasteiger partial charge in [-0.05, 0) is 30.5 Å². The quantitative estimate of drug-likeness (QED) is 0.832. The van der Waals surface area contributed by atoms with E-state index in [4.69, 9.17) is 14.9 Å². The standard InChI is InChI=1S/C19H17N5O2/c20-10-17(11-21)15(13-5-8-24-9-6-13)25-19-7-3-1-2-4-14(19)18(17,12-22)16(23)26-19/h5-6,8-9,14-15,23H,1-4,7H2/t14-,15-,18-,19+/m0/s1. The van der Waals surface area contributed by atoms with Gasteiger partial charge < -0.3 is 9.47 Å². The molecule has 2 aliphatic heterocycles. The zero-order chi connectivity index (χ0) is 18.4. The molecule has 4 atom stereocenters.